The van der Waals surface area contributed by atoms with Crippen molar-refractivity contribution in [3.63, 3.8) is 0 Å². The van der Waals surface area contributed by atoms with Crippen LogP contribution in [0.1, 0.15) is 43.2 Å². The molecule has 0 bridgehead atoms. The molecule has 0 saturated carbocycles. The Morgan fingerprint density at radius 2 is 1.88 bits per heavy atom. The first-order valence-electron chi connectivity index (χ1n) is 8.85. The van der Waals surface area contributed by atoms with Crippen LogP contribution in [0.25, 0.3) is 0 Å². The average Bonchev–Trinajstić information content (AvgIpc) is 3.08. The minimum atomic E-state index is -0.296. The Bertz CT molecular complexity index is 690. The van der Waals surface area contributed by atoms with Crippen molar-refractivity contribution in [3.05, 3.63) is 40.9 Å². The second kappa shape index (κ2) is 11.2. The highest BCUT2D eigenvalue weighted by atomic mass is 32.1. The molecule has 140 valence electrons. The summed E-state index contributed by atoms with van der Waals surface area (Å²) < 4.78 is 0. The molecule has 3 N–H and O–H groups in total. The van der Waals surface area contributed by atoms with Crippen molar-refractivity contribution in [3.8, 4) is 0 Å². The third kappa shape index (κ3) is 7.60. The van der Waals surface area contributed by atoms with E-state index in [0.717, 1.165) is 29.8 Å². The number of carbonyl (C=O) groups is 2. The molecular formula is C18H25N5O2S. The average molecular weight is 375 g/mol. The van der Waals surface area contributed by atoms with E-state index in [1.54, 1.807) is 0 Å². The fraction of sp³-hybridized carbons (Fsp3) is 0.444. The smallest absolute Gasteiger partial charge is 0.315 e. The van der Waals surface area contributed by atoms with Gasteiger partial charge in [0.1, 0.15) is 5.01 Å². The van der Waals surface area contributed by atoms with E-state index in [0.29, 0.717) is 11.7 Å². The van der Waals surface area contributed by atoms with Crippen molar-refractivity contribution in [2.24, 2.45) is 0 Å². The third-order valence-electron chi connectivity index (χ3n) is 3.64. The Balaban J connectivity index is 1.60. The van der Waals surface area contributed by atoms with Crippen LogP contribution in [-0.4, -0.2) is 28.7 Å². The number of nitrogens with one attached hydrogen (secondary N) is 3. The van der Waals surface area contributed by atoms with Gasteiger partial charge < -0.3 is 16.0 Å². The number of benzene rings is 1. The van der Waals surface area contributed by atoms with Crippen molar-refractivity contribution in [2.75, 3.05) is 11.9 Å². The first-order valence-corrected chi connectivity index (χ1v) is 9.67. The standard InChI is InChI=1S/C18H25N5O2S/c1-2-3-5-10-16-22-23-18(26-16)21-15(24)11-12-19-17(25)20-13-14-8-6-4-7-9-14/h4,6-9H,2-3,5,10-13H2,1H3,(H2,19,20,25)(H,21,23,24). The normalized spacial score (nSPS) is 10.3. The van der Waals surface area contributed by atoms with Crippen LogP contribution in [0.3, 0.4) is 0 Å². The molecule has 2 aromatic rings. The van der Waals surface area contributed by atoms with Crippen molar-refractivity contribution >= 4 is 28.4 Å². The van der Waals surface area contributed by atoms with Crippen molar-refractivity contribution in [2.45, 2.75) is 45.6 Å². The van der Waals surface area contributed by atoms with Gasteiger partial charge in [-0.15, -0.1) is 10.2 Å². The summed E-state index contributed by atoms with van der Waals surface area (Å²) in [5, 5.41) is 17.6. The van der Waals surface area contributed by atoms with Gasteiger partial charge in [-0.05, 0) is 12.0 Å². The highest BCUT2D eigenvalue weighted by Gasteiger charge is 2.09. The summed E-state index contributed by atoms with van der Waals surface area (Å²) in [5.74, 6) is -0.190. The molecule has 0 radical (unpaired) electrons. The number of rotatable bonds is 10. The largest absolute Gasteiger partial charge is 0.338 e. The number of nitrogens with zero attached hydrogens (tertiary/aromatic N) is 2. The number of aromatic nitrogens is 2. The second-order valence-corrected chi connectivity index (χ2v) is 6.91. The minimum Gasteiger partial charge on any atom is -0.338 e. The van der Waals surface area contributed by atoms with Crippen LogP contribution in [0, 0.1) is 0 Å². The van der Waals surface area contributed by atoms with Crippen LogP contribution in [0.15, 0.2) is 30.3 Å². The first kappa shape index (κ1) is 19.8. The minimum absolute atomic E-state index is 0.184. The molecule has 0 unspecified atom stereocenters. The maximum absolute atomic E-state index is 11.9. The monoisotopic (exact) mass is 375 g/mol. The van der Waals surface area contributed by atoms with Crippen LogP contribution < -0.4 is 16.0 Å². The van der Waals surface area contributed by atoms with Gasteiger partial charge in [-0.3, -0.25) is 4.79 Å². The number of hydrogen-bond donors (Lipinski definition) is 3. The number of hydrogen-bond acceptors (Lipinski definition) is 5. The summed E-state index contributed by atoms with van der Waals surface area (Å²) in [6, 6.07) is 9.34. The molecule has 1 aromatic carbocycles. The van der Waals surface area contributed by atoms with E-state index in [9.17, 15) is 9.59 Å². The number of aryl methyl sites for hydroxylation is 1. The highest BCUT2D eigenvalue weighted by molar-refractivity contribution is 7.15. The van der Waals surface area contributed by atoms with Gasteiger partial charge in [0.15, 0.2) is 0 Å². The van der Waals surface area contributed by atoms with Crippen molar-refractivity contribution < 1.29 is 9.59 Å². The lowest BCUT2D eigenvalue weighted by atomic mass is 10.2. The van der Waals surface area contributed by atoms with Gasteiger partial charge in [0.25, 0.3) is 0 Å². The number of urea groups is 1. The van der Waals surface area contributed by atoms with E-state index < -0.39 is 0 Å². The molecule has 1 heterocycles. The van der Waals surface area contributed by atoms with Crippen LogP contribution in [0.4, 0.5) is 9.93 Å². The molecule has 0 aliphatic carbocycles. The van der Waals surface area contributed by atoms with Crippen molar-refractivity contribution in [1.29, 1.82) is 0 Å². The molecule has 1 aromatic heterocycles. The van der Waals surface area contributed by atoms with Gasteiger partial charge >= 0.3 is 6.03 Å². The molecule has 0 atom stereocenters. The van der Waals surface area contributed by atoms with Crippen molar-refractivity contribution in [1.82, 2.24) is 20.8 Å². The lowest BCUT2D eigenvalue weighted by molar-refractivity contribution is -0.116. The molecule has 0 spiro atoms. The summed E-state index contributed by atoms with van der Waals surface area (Å²) in [5.41, 5.74) is 1.02. The zero-order chi connectivity index (χ0) is 18.6. The number of anilines is 1. The Kier molecular flexibility index (Phi) is 8.54. The predicted octanol–water partition coefficient (Wildman–Crippen LogP) is 3.10. The Morgan fingerprint density at radius 3 is 2.65 bits per heavy atom. The van der Waals surface area contributed by atoms with Gasteiger partial charge in [0.05, 0.1) is 0 Å². The summed E-state index contributed by atoms with van der Waals surface area (Å²) in [7, 11) is 0. The van der Waals surface area contributed by atoms with Crippen LogP contribution in [0.2, 0.25) is 0 Å². The second-order valence-electron chi connectivity index (χ2n) is 5.85. The lowest BCUT2D eigenvalue weighted by Crippen LogP contribution is -2.36. The lowest BCUT2D eigenvalue weighted by Gasteiger charge is -2.07. The summed E-state index contributed by atoms with van der Waals surface area (Å²) in [6.07, 6.45) is 4.49. The molecule has 2 rings (SSSR count). The molecule has 0 aliphatic rings. The summed E-state index contributed by atoms with van der Waals surface area (Å²) >= 11 is 1.40. The van der Waals surface area contributed by atoms with Crippen LogP contribution >= 0.6 is 11.3 Å². The third-order valence-corrected chi connectivity index (χ3v) is 4.54. The molecule has 0 fully saturated rings. The molecule has 3 amide bonds. The molecular weight excluding hydrogens is 350 g/mol. The molecule has 26 heavy (non-hydrogen) atoms. The van der Waals surface area contributed by atoms with E-state index in [1.165, 1.54) is 17.8 Å². The van der Waals surface area contributed by atoms with Gasteiger partial charge in [-0.25, -0.2) is 4.79 Å². The van der Waals surface area contributed by atoms with Gasteiger partial charge in [-0.2, -0.15) is 0 Å². The Labute approximate surface area is 157 Å². The molecule has 0 saturated heterocycles. The van der Waals surface area contributed by atoms with Gasteiger partial charge in [0.2, 0.25) is 11.0 Å². The SMILES string of the molecule is CCCCCc1nnc(NC(=O)CCNC(=O)NCc2ccccc2)s1. The quantitative estimate of drug-likeness (QED) is 0.556. The highest BCUT2D eigenvalue weighted by Crippen LogP contribution is 2.17. The van der Waals surface area contributed by atoms with E-state index in [1.807, 2.05) is 30.3 Å². The fourth-order valence-electron chi connectivity index (χ4n) is 2.24. The Hall–Kier alpha value is -2.48. The zero-order valence-electron chi connectivity index (χ0n) is 15.0. The molecule has 8 heteroatoms. The predicted molar refractivity (Wildman–Crippen MR) is 103 cm³/mol. The maximum Gasteiger partial charge on any atom is 0.315 e. The van der Waals surface area contributed by atoms with Crippen LogP contribution in [0.5, 0.6) is 0 Å². The van der Waals surface area contributed by atoms with Gasteiger partial charge in [0, 0.05) is 25.9 Å². The topological polar surface area (TPSA) is 96.0 Å². The number of amides is 3. The maximum atomic E-state index is 11.9. The van der Waals surface area contributed by atoms with E-state index in [4.69, 9.17) is 0 Å². The summed E-state index contributed by atoms with van der Waals surface area (Å²) in [4.78, 5) is 23.6. The van der Waals surface area contributed by atoms with Crippen LogP contribution in [-0.2, 0) is 17.8 Å². The fourth-order valence-corrected chi connectivity index (χ4v) is 3.04. The zero-order valence-corrected chi connectivity index (χ0v) is 15.8. The van der Waals surface area contributed by atoms with E-state index >= 15 is 0 Å². The van der Waals surface area contributed by atoms with E-state index in [2.05, 4.69) is 33.1 Å². The molecule has 7 nitrogen and oxygen atoms in total. The van der Waals surface area contributed by atoms with E-state index in [-0.39, 0.29) is 24.9 Å². The number of unbranched alkanes of at least 4 members (excludes halogenated alkanes) is 2. The number of carbonyl (C=O) groups excluding carboxylic acids is 2. The first-order chi connectivity index (χ1) is 12.7. The summed E-state index contributed by atoms with van der Waals surface area (Å²) in [6.45, 7) is 2.86. The Morgan fingerprint density at radius 1 is 1.08 bits per heavy atom. The van der Waals surface area contributed by atoms with Gasteiger partial charge in [-0.1, -0.05) is 61.4 Å². The molecule has 0 aliphatic heterocycles.